The van der Waals surface area contributed by atoms with Gasteiger partial charge < -0.3 is 23.9 Å². The number of imidazole rings is 1. The second-order valence-corrected chi connectivity index (χ2v) is 8.17. The Hall–Kier alpha value is -3.13. The molecule has 8 heteroatoms. The lowest BCUT2D eigenvalue weighted by Crippen LogP contribution is -2.28. The molecule has 0 radical (unpaired) electrons. The molecule has 0 unspecified atom stereocenters. The van der Waals surface area contributed by atoms with Gasteiger partial charge in [0.25, 0.3) is 5.91 Å². The number of aromatic nitrogens is 3. The molecular formula is C24H30N4O4. The van der Waals surface area contributed by atoms with E-state index in [2.05, 4.69) is 26.9 Å². The Balaban J connectivity index is 1.29. The van der Waals surface area contributed by atoms with E-state index in [4.69, 9.17) is 14.0 Å². The van der Waals surface area contributed by atoms with Crippen LogP contribution >= 0.6 is 0 Å². The highest BCUT2D eigenvalue weighted by Crippen LogP contribution is 2.26. The van der Waals surface area contributed by atoms with E-state index >= 15 is 0 Å². The van der Waals surface area contributed by atoms with Crippen LogP contribution < -0.4 is 10.1 Å². The lowest BCUT2D eigenvalue weighted by molar-refractivity contribution is 0.0827. The Morgan fingerprint density at radius 3 is 2.62 bits per heavy atom. The molecule has 3 heterocycles. The summed E-state index contributed by atoms with van der Waals surface area (Å²) in [5.74, 6) is 2.86. The molecule has 4 rings (SSSR count). The lowest BCUT2D eigenvalue weighted by atomic mass is 9.99. The predicted octanol–water partition coefficient (Wildman–Crippen LogP) is 3.70. The summed E-state index contributed by atoms with van der Waals surface area (Å²) in [7, 11) is 0. The van der Waals surface area contributed by atoms with Gasteiger partial charge in [-0.1, -0.05) is 5.16 Å². The minimum atomic E-state index is -0.104. The average molecular weight is 439 g/mol. The molecule has 0 atom stereocenters. The lowest BCUT2D eigenvalue weighted by Gasteiger charge is -2.23. The third-order valence-electron chi connectivity index (χ3n) is 5.97. The predicted molar refractivity (Wildman–Crippen MR) is 119 cm³/mol. The summed E-state index contributed by atoms with van der Waals surface area (Å²) in [4.78, 5) is 17.2. The van der Waals surface area contributed by atoms with E-state index in [9.17, 15) is 4.79 Å². The van der Waals surface area contributed by atoms with Crippen LogP contribution in [-0.4, -0.2) is 40.4 Å². The van der Waals surface area contributed by atoms with Crippen LogP contribution in [0.5, 0.6) is 5.75 Å². The molecular weight excluding hydrogens is 408 g/mol. The van der Waals surface area contributed by atoms with Crippen molar-refractivity contribution in [3.8, 4) is 5.75 Å². The number of carbonyl (C=O) groups excluding carboxylic acids is 1. The average Bonchev–Trinajstić information content (AvgIpc) is 3.34. The Labute approximate surface area is 187 Å². The number of nitrogens with zero attached hydrogens (tertiary/aromatic N) is 3. The van der Waals surface area contributed by atoms with Crippen molar-refractivity contribution in [2.24, 2.45) is 0 Å². The van der Waals surface area contributed by atoms with Gasteiger partial charge in [0.05, 0.1) is 11.3 Å². The first-order valence-electron chi connectivity index (χ1n) is 11.1. The highest BCUT2D eigenvalue weighted by Gasteiger charge is 2.21. The smallest absolute Gasteiger partial charge is 0.251 e. The minimum absolute atomic E-state index is 0.104. The molecule has 1 aliphatic rings. The fourth-order valence-electron chi connectivity index (χ4n) is 4.00. The number of ether oxygens (including phenoxy) is 2. The Kier molecular flexibility index (Phi) is 6.90. The van der Waals surface area contributed by atoms with Gasteiger partial charge in [0.1, 0.15) is 23.9 Å². The Morgan fingerprint density at radius 1 is 1.19 bits per heavy atom. The summed E-state index contributed by atoms with van der Waals surface area (Å²) < 4.78 is 18.6. The molecule has 0 saturated carbocycles. The van der Waals surface area contributed by atoms with Crippen molar-refractivity contribution in [1.29, 1.82) is 0 Å². The van der Waals surface area contributed by atoms with E-state index in [-0.39, 0.29) is 5.91 Å². The van der Waals surface area contributed by atoms with Crippen LogP contribution in [-0.2, 0) is 17.9 Å². The molecule has 170 valence electrons. The molecule has 1 fully saturated rings. The summed E-state index contributed by atoms with van der Waals surface area (Å²) in [5.41, 5.74) is 3.48. The molecule has 8 nitrogen and oxygen atoms in total. The molecule has 2 aromatic heterocycles. The van der Waals surface area contributed by atoms with E-state index in [1.807, 2.05) is 20.0 Å². The third kappa shape index (κ3) is 5.02. The van der Waals surface area contributed by atoms with Gasteiger partial charge in [-0.25, -0.2) is 4.98 Å². The summed E-state index contributed by atoms with van der Waals surface area (Å²) in [6.45, 7) is 8.99. The number of carbonyl (C=O) groups is 1. The summed E-state index contributed by atoms with van der Waals surface area (Å²) in [5, 5.41) is 6.94. The largest absolute Gasteiger partial charge is 0.489 e. The fraction of sp³-hybridized carbons (Fsp3) is 0.458. The first-order chi connectivity index (χ1) is 15.5. The highest BCUT2D eigenvalue weighted by molar-refractivity contribution is 5.94. The maximum Gasteiger partial charge on any atom is 0.251 e. The zero-order valence-corrected chi connectivity index (χ0v) is 18.9. The van der Waals surface area contributed by atoms with Crippen LogP contribution in [0, 0.1) is 20.8 Å². The van der Waals surface area contributed by atoms with Gasteiger partial charge in [0.2, 0.25) is 0 Å². The number of rotatable bonds is 8. The zero-order valence-electron chi connectivity index (χ0n) is 18.9. The molecule has 3 aromatic rings. The number of nitrogens with one attached hydrogen (secondary N) is 1. The second kappa shape index (κ2) is 9.99. The molecule has 0 aliphatic carbocycles. The van der Waals surface area contributed by atoms with Crippen molar-refractivity contribution in [1.82, 2.24) is 20.0 Å². The minimum Gasteiger partial charge on any atom is -0.489 e. The monoisotopic (exact) mass is 438 g/mol. The van der Waals surface area contributed by atoms with Crippen LogP contribution in [0.2, 0.25) is 0 Å². The first-order valence-corrected chi connectivity index (χ1v) is 11.1. The summed E-state index contributed by atoms with van der Waals surface area (Å²) >= 11 is 0. The first kappa shape index (κ1) is 22.1. The molecule has 0 spiro atoms. The number of aryl methyl sites for hydroxylation is 3. The molecule has 0 bridgehead atoms. The van der Waals surface area contributed by atoms with Gasteiger partial charge in [0, 0.05) is 49.7 Å². The van der Waals surface area contributed by atoms with Gasteiger partial charge in [-0.3, -0.25) is 4.79 Å². The van der Waals surface area contributed by atoms with Crippen molar-refractivity contribution < 1.29 is 18.8 Å². The molecule has 1 saturated heterocycles. The summed E-state index contributed by atoms with van der Waals surface area (Å²) in [6, 6.07) is 7.15. The number of hydrogen-bond acceptors (Lipinski definition) is 6. The van der Waals surface area contributed by atoms with E-state index < -0.39 is 0 Å². The second-order valence-electron chi connectivity index (χ2n) is 8.17. The van der Waals surface area contributed by atoms with Crippen molar-refractivity contribution in [3.63, 3.8) is 0 Å². The van der Waals surface area contributed by atoms with Gasteiger partial charge in [-0.2, -0.15) is 0 Å². The Bertz CT molecular complexity index is 1030. The van der Waals surface area contributed by atoms with Gasteiger partial charge in [-0.05, 0) is 57.9 Å². The van der Waals surface area contributed by atoms with E-state index in [1.165, 1.54) is 0 Å². The summed E-state index contributed by atoms with van der Waals surface area (Å²) in [6.07, 6.45) is 3.90. The third-order valence-corrected chi connectivity index (χ3v) is 5.97. The van der Waals surface area contributed by atoms with Crippen molar-refractivity contribution in [3.05, 3.63) is 64.6 Å². The molecule has 1 aliphatic heterocycles. The number of hydrogen-bond donors (Lipinski definition) is 1. The van der Waals surface area contributed by atoms with Crippen LogP contribution in [0.15, 0.2) is 35.0 Å². The number of benzene rings is 1. The van der Waals surface area contributed by atoms with Crippen LogP contribution in [0.25, 0.3) is 0 Å². The SMILES string of the molecule is Cc1noc(C)c1COc1ccc(C(=O)NCCn2c(C)cnc2C2CCOCC2)cc1. The number of amides is 1. The van der Waals surface area contributed by atoms with E-state index in [1.54, 1.807) is 24.3 Å². The maximum atomic E-state index is 12.6. The van der Waals surface area contributed by atoms with Crippen LogP contribution in [0.1, 0.15) is 57.7 Å². The van der Waals surface area contributed by atoms with Crippen LogP contribution in [0.4, 0.5) is 0 Å². The van der Waals surface area contributed by atoms with Crippen molar-refractivity contribution in [2.45, 2.75) is 52.7 Å². The van der Waals surface area contributed by atoms with Crippen molar-refractivity contribution >= 4 is 5.91 Å². The van der Waals surface area contributed by atoms with E-state index in [0.717, 1.165) is 54.6 Å². The fourth-order valence-corrected chi connectivity index (χ4v) is 4.00. The van der Waals surface area contributed by atoms with Crippen LogP contribution in [0.3, 0.4) is 0 Å². The Morgan fingerprint density at radius 2 is 1.94 bits per heavy atom. The van der Waals surface area contributed by atoms with E-state index in [0.29, 0.717) is 36.9 Å². The van der Waals surface area contributed by atoms with Gasteiger partial charge in [0.15, 0.2) is 0 Å². The molecule has 1 N–H and O–H groups in total. The van der Waals surface area contributed by atoms with Gasteiger partial charge in [-0.15, -0.1) is 0 Å². The zero-order chi connectivity index (χ0) is 22.5. The maximum absolute atomic E-state index is 12.6. The molecule has 32 heavy (non-hydrogen) atoms. The topological polar surface area (TPSA) is 91.4 Å². The normalized spacial score (nSPS) is 14.5. The molecule has 1 aromatic carbocycles. The van der Waals surface area contributed by atoms with Gasteiger partial charge >= 0.3 is 0 Å². The quantitative estimate of drug-likeness (QED) is 0.577. The standard InChI is InChI=1S/C24H30N4O4/c1-16-14-26-23(19-8-12-30-13-9-19)28(16)11-10-25-24(29)20-4-6-21(7-5-20)31-15-22-17(2)27-32-18(22)3/h4-7,14,19H,8-13,15H2,1-3H3,(H,25,29). The highest BCUT2D eigenvalue weighted by atomic mass is 16.5. The van der Waals surface area contributed by atoms with Crippen molar-refractivity contribution in [2.75, 3.05) is 19.8 Å². The molecule has 1 amide bonds.